The van der Waals surface area contributed by atoms with E-state index in [2.05, 4.69) is 60.0 Å². The maximum atomic E-state index is 6.28. The minimum Gasteiger partial charge on any atom is -0.301 e. The van der Waals surface area contributed by atoms with Gasteiger partial charge in [0.05, 0.1) is 11.2 Å². The van der Waals surface area contributed by atoms with Crippen LogP contribution in [0.25, 0.3) is 22.2 Å². The molecule has 1 saturated heterocycles. The van der Waals surface area contributed by atoms with Gasteiger partial charge in [0, 0.05) is 28.6 Å². The molecule has 2 heterocycles. The van der Waals surface area contributed by atoms with Crippen molar-refractivity contribution >= 4 is 34.9 Å². The number of piperidine rings is 1. The number of benzene rings is 2. The smallest absolute Gasteiger partial charge is 0.0727 e. The Bertz CT molecular complexity index is 949. The van der Waals surface area contributed by atoms with Crippen LogP contribution in [0, 0.1) is 0 Å². The number of likely N-dealkylation sites (tertiary alicyclic amines) is 1. The van der Waals surface area contributed by atoms with Gasteiger partial charge in [0.2, 0.25) is 0 Å². The lowest BCUT2D eigenvalue weighted by Gasteiger charge is -2.37. The van der Waals surface area contributed by atoms with Crippen LogP contribution in [0.4, 0.5) is 0 Å². The summed E-state index contributed by atoms with van der Waals surface area (Å²) in [6, 6.07) is 19.5. The first-order chi connectivity index (χ1) is 14.2. The molecule has 30 heavy (non-hydrogen) atoms. The van der Waals surface area contributed by atoms with Crippen LogP contribution >= 0.6 is 24.0 Å². The van der Waals surface area contributed by atoms with E-state index in [0.717, 1.165) is 60.6 Å². The second-order valence-electron chi connectivity index (χ2n) is 7.92. The summed E-state index contributed by atoms with van der Waals surface area (Å²) in [5, 5.41) is 1.95. The summed E-state index contributed by atoms with van der Waals surface area (Å²) in [4.78, 5) is 10.1. The van der Waals surface area contributed by atoms with E-state index < -0.39 is 0 Å². The fourth-order valence-corrected chi connectivity index (χ4v) is 4.75. The standard InChI is InChI=1S/C25H30ClN3.ClH/c1-3-29(4-2)22-12-14-28(15-13-22)18-20-16-24(19-8-6-5-7-9-19)27-25-17-21(26)10-11-23(20)25;/h5-11,16-17,22H,3-4,12-15,18H2,1-2H3;1H. The Morgan fingerprint density at radius 3 is 2.37 bits per heavy atom. The molecule has 1 aliphatic rings. The Morgan fingerprint density at radius 2 is 1.70 bits per heavy atom. The van der Waals surface area contributed by atoms with Crippen molar-refractivity contribution in [2.45, 2.75) is 39.3 Å². The van der Waals surface area contributed by atoms with Crippen molar-refractivity contribution in [1.29, 1.82) is 0 Å². The number of halogens is 2. The number of aromatic nitrogens is 1. The van der Waals surface area contributed by atoms with E-state index >= 15 is 0 Å². The Labute approximate surface area is 191 Å². The van der Waals surface area contributed by atoms with Gasteiger partial charge in [0.15, 0.2) is 0 Å². The normalized spacial score (nSPS) is 15.5. The molecule has 0 amide bonds. The topological polar surface area (TPSA) is 19.4 Å². The first kappa shape index (κ1) is 23.0. The molecular weight excluding hydrogens is 413 g/mol. The number of fused-ring (bicyclic) bond motifs is 1. The van der Waals surface area contributed by atoms with Gasteiger partial charge in [0.25, 0.3) is 0 Å². The van der Waals surface area contributed by atoms with Crippen LogP contribution in [0.15, 0.2) is 54.6 Å². The molecule has 160 valence electrons. The lowest BCUT2D eigenvalue weighted by molar-refractivity contribution is 0.113. The zero-order valence-electron chi connectivity index (χ0n) is 17.9. The van der Waals surface area contributed by atoms with E-state index in [1.807, 2.05) is 18.2 Å². The van der Waals surface area contributed by atoms with Crippen LogP contribution in [0.2, 0.25) is 5.02 Å². The van der Waals surface area contributed by atoms with Gasteiger partial charge in [-0.2, -0.15) is 0 Å². The third-order valence-electron chi connectivity index (χ3n) is 6.21. The minimum absolute atomic E-state index is 0. The molecule has 3 aromatic rings. The Balaban J connectivity index is 0.00000256. The summed E-state index contributed by atoms with van der Waals surface area (Å²) in [5.74, 6) is 0. The average molecular weight is 444 g/mol. The van der Waals surface area contributed by atoms with E-state index in [-0.39, 0.29) is 12.4 Å². The van der Waals surface area contributed by atoms with Gasteiger partial charge < -0.3 is 4.90 Å². The van der Waals surface area contributed by atoms with Crippen LogP contribution in [0.3, 0.4) is 0 Å². The van der Waals surface area contributed by atoms with Crippen molar-refractivity contribution in [2.75, 3.05) is 26.2 Å². The van der Waals surface area contributed by atoms with Crippen LogP contribution < -0.4 is 0 Å². The Hall–Kier alpha value is -1.65. The highest BCUT2D eigenvalue weighted by Gasteiger charge is 2.23. The molecule has 0 aliphatic carbocycles. The lowest BCUT2D eigenvalue weighted by atomic mass is 10.0. The predicted octanol–water partition coefficient (Wildman–Crippen LogP) is 6.28. The second-order valence-corrected chi connectivity index (χ2v) is 8.36. The number of nitrogens with zero attached hydrogens (tertiary/aromatic N) is 3. The maximum Gasteiger partial charge on any atom is 0.0727 e. The summed E-state index contributed by atoms with van der Waals surface area (Å²) in [6.07, 6.45) is 2.50. The Morgan fingerprint density at radius 1 is 1.00 bits per heavy atom. The van der Waals surface area contributed by atoms with Crippen molar-refractivity contribution in [2.24, 2.45) is 0 Å². The van der Waals surface area contributed by atoms with Gasteiger partial charge in [-0.25, -0.2) is 4.98 Å². The number of pyridine rings is 1. The van der Waals surface area contributed by atoms with Crippen molar-refractivity contribution in [3.05, 3.63) is 65.2 Å². The highest BCUT2D eigenvalue weighted by Crippen LogP contribution is 2.28. The van der Waals surface area contributed by atoms with Crippen LogP contribution in [-0.4, -0.2) is 47.0 Å². The number of hydrogen-bond donors (Lipinski definition) is 0. The fraction of sp³-hybridized carbons (Fsp3) is 0.400. The SMILES string of the molecule is CCN(CC)C1CCN(Cc2cc(-c3ccccc3)nc3cc(Cl)ccc23)CC1.Cl. The van der Waals surface area contributed by atoms with Gasteiger partial charge in [0.1, 0.15) is 0 Å². The molecule has 0 saturated carbocycles. The first-order valence-electron chi connectivity index (χ1n) is 10.8. The third kappa shape index (κ3) is 5.15. The van der Waals surface area contributed by atoms with Crippen LogP contribution in [0.5, 0.6) is 0 Å². The highest BCUT2D eigenvalue weighted by molar-refractivity contribution is 6.31. The third-order valence-corrected chi connectivity index (χ3v) is 6.44. The van der Waals surface area contributed by atoms with Gasteiger partial charge in [-0.05, 0) is 62.8 Å². The van der Waals surface area contributed by atoms with E-state index in [9.17, 15) is 0 Å². The molecule has 1 fully saturated rings. The van der Waals surface area contributed by atoms with Gasteiger partial charge in [-0.15, -0.1) is 12.4 Å². The van der Waals surface area contributed by atoms with Gasteiger partial charge in [-0.3, -0.25) is 4.90 Å². The molecule has 0 radical (unpaired) electrons. The predicted molar refractivity (Wildman–Crippen MR) is 131 cm³/mol. The molecule has 0 N–H and O–H groups in total. The molecule has 3 nitrogen and oxygen atoms in total. The maximum absolute atomic E-state index is 6.28. The highest BCUT2D eigenvalue weighted by atomic mass is 35.5. The minimum atomic E-state index is 0. The van der Waals surface area contributed by atoms with Crippen molar-refractivity contribution in [1.82, 2.24) is 14.8 Å². The molecule has 0 atom stereocenters. The van der Waals surface area contributed by atoms with E-state index in [0.29, 0.717) is 0 Å². The molecule has 5 heteroatoms. The zero-order chi connectivity index (χ0) is 20.2. The van der Waals surface area contributed by atoms with E-state index in [4.69, 9.17) is 16.6 Å². The quantitative estimate of drug-likeness (QED) is 0.446. The molecule has 0 bridgehead atoms. The van der Waals surface area contributed by atoms with E-state index in [1.54, 1.807) is 0 Å². The van der Waals surface area contributed by atoms with Crippen molar-refractivity contribution in [3.8, 4) is 11.3 Å². The average Bonchev–Trinajstić information content (AvgIpc) is 2.76. The first-order valence-corrected chi connectivity index (χ1v) is 11.2. The van der Waals surface area contributed by atoms with Crippen LogP contribution in [0.1, 0.15) is 32.3 Å². The number of hydrogen-bond acceptors (Lipinski definition) is 3. The molecule has 1 aromatic heterocycles. The second kappa shape index (κ2) is 10.6. The fourth-order valence-electron chi connectivity index (χ4n) is 4.58. The summed E-state index contributed by atoms with van der Waals surface area (Å²) < 4.78 is 0. The monoisotopic (exact) mass is 443 g/mol. The number of rotatable bonds is 6. The summed E-state index contributed by atoms with van der Waals surface area (Å²) in [5.41, 5.74) is 4.49. The molecule has 0 unspecified atom stereocenters. The van der Waals surface area contributed by atoms with Crippen molar-refractivity contribution in [3.63, 3.8) is 0 Å². The lowest BCUT2D eigenvalue weighted by Crippen LogP contribution is -2.44. The van der Waals surface area contributed by atoms with Gasteiger partial charge >= 0.3 is 0 Å². The Kier molecular flexibility index (Phi) is 8.13. The molecule has 1 aliphatic heterocycles. The summed E-state index contributed by atoms with van der Waals surface area (Å²) in [7, 11) is 0. The molecular formula is C25H31Cl2N3. The molecule has 2 aromatic carbocycles. The van der Waals surface area contributed by atoms with Crippen molar-refractivity contribution < 1.29 is 0 Å². The van der Waals surface area contributed by atoms with Gasteiger partial charge in [-0.1, -0.05) is 61.8 Å². The summed E-state index contributed by atoms with van der Waals surface area (Å²) >= 11 is 6.28. The van der Waals surface area contributed by atoms with Crippen LogP contribution in [-0.2, 0) is 6.54 Å². The zero-order valence-corrected chi connectivity index (χ0v) is 19.4. The summed E-state index contributed by atoms with van der Waals surface area (Å²) in [6.45, 7) is 10.1. The largest absolute Gasteiger partial charge is 0.301 e. The molecule has 0 spiro atoms. The van der Waals surface area contributed by atoms with E-state index in [1.165, 1.54) is 23.8 Å². The molecule has 4 rings (SSSR count).